The number of benzene rings is 3. The zero-order chi connectivity index (χ0) is 29.0. The van der Waals surface area contributed by atoms with E-state index in [1.807, 2.05) is 32.9 Å². The van der Waals surface area contributed by atoms with Crippen LogP contribution in [0.25, 0.3) is 10.9 Å². The zero-order valence-electron chi connectivity index (χ0n) is 21.9. The number of nitrogens with one attached hydrogen (secondary N) is 1. The number of aromatic nitrogens is 2. The highest BCUT2D eigenvalue weighted by Gasteiger charge is 2.22. The quantitative estimate of drug-likeness (QED) is 0.129. The molecule has 10 nitrogen and oxygen atoms in total. The highest BCUT2D eigenvalue weighted by Crippen LogP contribution is 2.36. The number of anilines is 1. The van der Waals surface area contributed by atoms with E-state index in [0.717, 1.165) is 10.0 Å². The molecule has 1 aromatic heterocycles. The lowest BCUT2D eigenvalue weighted by Crippen LogP contribution is -2.23. The number of hydrogen-bond acceptors (Lipinski definition) is 7. The molecule has 1 N–H and O–H groups in total. The van der Waals surface area contributed by atoms with E-state index in [2.05, 4.69) is 31.3 Å². The van der Waals surface area contributed by atoms with Crippen LogP contribution in [0.4, 0.5) is 11.4 Å². The van der Waals surface area contributed by atoms with E-state index in [9.17, 15) is 19.7 Å². The van der Waals surface area contributed by atoms with Crippen LogP contribution in [-0.4, -0.2) is 33.3 Å². The number of para-hydroxylation sites is 1. The van der Waals surface area contributed by atoms with Gasteiger partial charge in [-0.2, -0.15) is 9.78 Å². The maximum atomic E-state index is 13.3. The molecular formula is C28H25BrClN5O5. The third-order valence-corrected chi connectivity index (χ3v) is 6.99. The van der Waals surface area contributed by atoms with E-state index in [4.69, 9.17) is 16.3 Å². The molecule has 1 heterocycles. The Morgan fingerprint density at radius 2 is 2.02 bits per heavy atom. The Morgan fingerprint density at radius 3 is 2.73 bits per heavy atom. The second kappa shape index (κ2) is 12.4. The van der Waals surface area contributed by atoms with Crippen LogP contribution < -0.4 is 15.6 Å². The van der Waals surface area contributed by atoms with Gasteiger partial charge < -0.3 is 10.1 Å². The summed E-state index contributed by atoms with van der Waals surface area (Å²) < 4.78 is 7.38. The first-order valence-corrected chi connectivity index (χ1v) is 13.5. The number of fused-ring (bicyclic) bond motifs is 1. The number of aryl methyl sites for hydroxylation is 1. The second-order valence-corrected chi connectivity index (χ2v) is 10.4. The van der Waals surface area contributed by atoms with Gasteiger partial charge in [0.2, 0.25) is 5.75 Å². The number of ether oxygens (including phenoxy) is 1. The van der Waals surface area contributed by atoms with Crippen molar-refractivity contribution < 1.29 is 14.5 Å². The molecule has 3 aromatic carbocycles. The van der Waals surface area contributed by atoms with E-state index in [0.29, 0.717) is 28.8 Å². The summed E-state index contributed by atoms with van der Waals surface area (Å²) in [6, 6.07) is 15.0. The molecule has 0 aliphatic carbocycles. The Balaban J connectivity index is 1.65. The van der Waals surface area contributed by atoms with Crippen LogP contribution in [0.5, 0.6) is 5.75 Å². The van der Waals surface area contributed by atoms with Gasteiger partial charge in [-0.05, 0) is 49.2 Å². The SMILES string of the molecule is CC[C@@H](C)c1nc2ccc(Br)cc2c(=O)n1N=Cc1cc(Cl)c(OCC(=O)Nc2ccccc2C)c([N+](=O)[O-])c1. The molecule has 1 atom stereocenters. The molecule has 4 aromatic rings. The fourth-order valence-corrected chi connectivity index (χ4v) is 4.53. The van der Waals surface area contributed by atoms with Crippen molar-refractivity contribution in [3.05, 3.63) is 102 Å². The minimum absolute atomic E-state index is 0.0857. The lowest BCUT2D eigenvalue weighted by atomic mass is 10.1. The maximum Gasteiger partial charge on any atom is 0.313 e. The fraction of sp³-hybridized carbons (Fsp3) is 0.214. The summed E-state index contributed by atoms with van der Waals surface area (Å²) in [5, 5.41) is 19.2. The number of amides is 1. The molecule has 12 heteroatoms. The molecule has 4 rings (SSSR count). The van der Waals surface area contributed by atoms with Gasteiger partial charge in [0.05, 0.1) is 27.1 Å². The van der Waals surface area contributed by atoms with Crippen LogP contribution in [0.1, 0.15) is 43.1 Å². The Morgan fingerprint density at radius 1 is 1.27 bits per heavy atom. The molecule has 0 aliphatic heterocycles. The average Bonchev–Trinajstić information content (AvgIpc) is 2.92. The van der Waals surface area contributed by atoms with E-state index in [1.54, 1.807) is 30.3 Å². The standard InChI is InChI=1S/C28H25BrClN5O5/c1-4-16(2)27-33-23-10-9-19(29)13-20(23)28(37)34(27)31-14-18-11-21(30)26(24(12-18)35(38)39)40-15-25(36)32-22-8-6-5-7-17(22)3/h5-14,16H,4,15H2,1-3H3,(H,32,36)/t16-/m1/s1. The zero-order valence-corrected chi connectivity index (χ0v) is 24.2. The van der Waals surface area contributed by atoms with Gasteiger partial charge >= 0.3 is 5.69 Å². The summed E-state index contributed by atoms with van der Waals surface area (Å²) in [7, 11) is 0. The minimum atomic E-state index is -0.663. The van der Waals surface area contributed by atoms with Crippen molar-refractivity contribution in [2.24, 2.45) is 5.10 Å². The highest BCUT2D eigenvalue weighted by atomic mass is 79.9. The Kier molecular flexibility index (Phi) is 8.96. The van der Waals surface area contributed by atoms with Gasteiger partial charge in [0.15, 0.2) is 6.61 Å². The number of nitrogens with zero attached hydrogens (tertiary/aromatic N) is 4. The van der Waals surface area contributed by atoms with Gasteiger partial charge in [-0.25, -0.2) is 4.98 Å². The first-order valence-electron chi connectivity index (χ1n) is 12.3. The van der Waals surface area contributed by atoms with Crippen molar-refractivity contribution in [3.63, 3.8) is 0 Å². The summed E-state index contributed by atoms with van der Waals surface area (Å²) in [6.07, 6.45) is 2.01. The smallest absolute Gasteiger partial charge is 0.313 e. The van der Waals surface area contributed by atoms with Crippen molar-refractivity contribution in [1.82, 2.24) is 9.66 Å². The van der Waals surface area contributed by atoms with E-state index in [1.165, 1.54) is 23.0 Å². The van der Waals surface area contributed by atoms with Crippen LogP contribution in [0, 0.1) is 17.0 Å². The number of hydrogen-bond donors (Lipinski definition) is 1. The lowest BCUT2D eigenvalue weighted by Gasteiger charge is -2.14. The van der Waals surface area contributed by atoms with Gasteiger partial charge in [-0.3, -0.25) is 19.7 Å². The third-order valence-electron chi connectivity index (χ3n) is 6.22. The van der Waals surface area contributed by atoms with Crippen LogP contribution in [0.2, 0.25) is 5.02 Å². The largest absolute Gasteiger partial charge is 0.476 e. The van der Waals surface area contributed by atoms with Crippen molar-refractivity contribution in [1.29, 1.82) is 0 Å². The van der Waals surface area contributed by atoms with Gasteiger partial charge in [0, 0.05) is 27.7 Å². The molecule has 0 aliphatic rings. The number of nitro benzene ring substituents is 1. The predicted molar refractivity (Wildman–Crippen MR) is 159 cm³/mol. The molecule has 206 valence electrons. The monoisotopic (exact) mass is 625 g/mol. The minimum Gasteiger partial charge on any atom is -0.476 e. The van der Waals surface area contributed by atoms with Crippen molar-refractivity contribution in [3.8, 4) is 5.75 Å². The molecule has 0 radical (unpaired) electrons. The summed E-state index contributed by atoms with van der Waals surface area (Å²) in [5.41, 5.74) is 1.43. The molecule has 0 fully saturated rings. The first kappa shape index (κ1) is 28.9. The molecule has 0 spiro atoms. The van der Waals surface area contributed by atoms with Gasteiger partial charge in [-0.15, -0.1) is 0 Å². The van der Waals surface area contributed by atoms with Crippen molar-refractivity contribution >= 4 is 61.9 Å². The van der Waals surface area contributed by atoms with Crippen LogP contribution in [0.15, 0.2) is 69.0 Å². The summed E-state index contributed by atoms with van der Waals surface area (Å²) in [5.74, 6) is -0.382. The van der Waals surface area contributed by atoms with Gasteiger partial charge in [-0.1, -0.05) is 59.6 Å². The Hall–Kier alpha value is -4.09. The second-order valence-electron chi connectivity index (χ2n) is 9.06. The fourth-order valence-electron chi connectivity index (χ4n) is 3.89. The molecule has 40 heavy (non-hydrogen) atoms. The summed E-state index contributed by atoms with van der Waals surface area (Å²) in [4.78, 5) is 41.6. The predicted octanol–water partition coefficient (Wildman–Crippen LogP) is 6.44. The van der Waals surface area contributed by atoms with E-state index in [-0.39, 0.29) is 27.8 Å². The third kappa shape index (κ3) is 6.37. The maximum absolute atomic E-state index is 13.3. The van der Waals surface area contributed by atoms with Gasteiger partial charge in [0.1, 0.15) is 5.82 Å². The first-order chi connectivity index (χ1) is 19.1. The van der Waals surface area contributed by atoms with Crippen molar-refractivity contribution in [2.45, 2.75) is 33.1 Å². The van der Waals surface area contributed by atoms with Crippen LogP contribution in [0.3, 0.4) is 0 Å². The van der Waals surface area contributed by atoms with Crippen molar-refractivity contribution in [2.75, 3.05) is 11.9 Å². The average molecular weight is 627 g/mol. The Bertz CT molecular complexity index is 1710. The Labute approximate surface area is 242 Å². The molecule has 0 unspecified atom stereocenters. The highest BCUT2D eigenvalue weighted by molar-refractivity contribution is 9.10. The molecule has 1 amide bonds. The van der Waals surface area contributed by atoms with E-state index < -0.39 is 23.1 Å². The summed E-state index contributed by atoms with van der Waals surface area (Å²) in [6.45, 7) is 5.25. The number of halogens is 2. The number of carbonyl (C=O) groups excluding carboxylic acids is 1. The van der Waals surface area contributed by atoms with E-state index >= 15 is 0 Å². The van der Waals surface area contributed by atoms with Crippen LogP contribution >= 0.6 is 27.5 Å². The normalized spacial score (nSPS) is 12.0. The number of rotatable bonds is 9. The van der Waals surface area contributed by atoms with Crippen LogP contribution in [-0.2, 0) is 4.79 Å². The molecule has 0 saturated carbocycles. The molecule has 0 bridgehead atoms. The number of nitro groups is 1. The lowest BCUT2D eigenvalue weighted by molar-refractivity contribution is -0.385. The van der Waals surface area contributed by atoms with Gasteiger partial charge in [0.25, 0.3) is 11.5 Å². The molecule has 0 saturated heterocycles. The molecular weight excluding hydrogens is 602 g/mol. The topological polar surface area (TPSA) is 129 Å². The summed E-state index contributed by atoms with van der Waals surface area (Å²) >= 11 is 9.73. The number of carbonyl (C=O) groups is 1.